The fourth-order valence-electron chi connectivity index (χ4n) is 2.70. The van der Waals surface area contributed by atoms with Crippen molar-refractivity contribution in [2.24, 2.45) is 0 Å². The molecule has 1 amide bonds. The van der Waals surface area contributed by atoms with E-state index in [-0.39, 0.29) is 11.9 Å². The highest BCUT2D eigenvalue weighted by atomic mass is 16.4. The molecule has 0 aliphatic heterocycles. The number of aryl methyl sites for hydroxylation is 2. The lowest BCUT2D eigenvalue weighted by Gasteiger charge is -2.05. The van der Waals surface area contributed by atoms with Crippen molar-refractivity contribution in [2.75, 3.05) is 5.32 Å². The van der Waals surface area contributed by atoms with Crippen LogP contribution >= 0.6 is 0 Å². The number of carbonyl (C=O) groups excluding carboxylic acids is 1. The van der Waals surface area contributed by atoms with Crippen molar-refractivity contribution in [1.29, 1.82) is 0 Å². The molecule has 3 aromatic rings. The second kappa shape index (κ2) is 7.51. The zero-order chi connectivity index (χ0) is 18.7. The fraction of sp³-hybridized carbons (Fsp3) is 0.368. The van der Waals surface area contributed by atoms with Crippen LogP contribution < -0.4 is 5.32 Å². The first-order chi connectivity index (χ1) is 12.5. The standard InChI is InChI=1S/C19H23N5O2/c1-5-24-16(10-13(4)23-24)18(25)20-19-22-21-17(26-19)11-14-6-8-15(9-7-14)12(2)3/h6-10,12H,5,11H2,1-4H3,(H,20,22,25). The van der Waals surface area contributed by atoms with E-state index in [1.165, 1.54) is 5.56 Å². The van der Waals surface area contributed by atoms with Gasteiger partial charge in [-0.2, -0.15) is 5.10 Å². The molecular formula is C19H23N5O2. The number of anilines is 1. The number of carbonyl (C=O) groups is 1. The summed E-state index contributed by atoms with van der Waals surface area (Å²) in [5, 5.41) is 14.8. The van der Waals surface area contributed by atoms with Crippen LogP contribution in [0, 0.1) is 6.92 Å². The highest BCUT2D eigenvalue weighted by Crippen LogP contribution is 2.17. The number of hydrogen-bond donors (Lipinski definition) is 1. The lowest BCUT2D eigenvalue weighted by Crippen LogP contribution is -2.17. The molecule has 0 saturated heterocycles. The molecule has 0 atom stereocenters. The summed E-state index contributed by atoms with van der Waals surface area (Å²) < 4.78 is 7.19. The van der Waals surface area contributed by atoms with Crippen molar-refractivity contribution in [2.45, 2.75) is 46.6 Å². The normalized spacial score (nSPS) is 11.1. The predicted molar refractivity (Wildman–Crippen MR) is 98.2 cm³/mol. The van der Waals surface area contributed by atoms with E-state index in [0.717, 1.165) is 11.3 Å². The third kappa shape index (κ3) is 3.99. The molecule has 136 valence electrons. The number of amides is 1. The molecule has 1 aromatic carbocycles. The molecule has 0 fully saturated rings. The molecule has 2 aromatic heterocycles. The van der Waals surface area contributed by atoms with Gasteiger partial charge in [-0.05, 0) is 37.0 Å². The van der Waals surface area contributed by atoms with Crippen LogP contribution in [0.25, 0.3) is 0 Å². The highest BCUT2D eigenvalue weighted by Gasteiger charge is 2.16. The van der Waals surface area contributed by atoms with Gasteiger partial charge in [0.2, 0.25) is 5.89 Å². The van der Waals surface area contributed by atoms with Gasteiger partial charge >= 0.3 is 6.01 Å². The summed E-state index contributed by atoms with van der Waals surface area (Å²) in [6.45, 7) is 8.71. The van der Waals surface area contributed by atoms with E-state index in [9.17, 15) is 4.79 Å². The molecule has 0 spiro atoms. The summed E-state index contributed by atoms with van der Waals surface area (Å²) in [5.74, 6) is 0.635. The topological polar surface area (TPSA) is 85.8 Å². The second-order valence-electron chi connectivity index (χ2n) is 6.51. The number of nitrogens with one attached hydrogen (secondary N) is 1. The zero-order valence-electron chi connectivity index (χ0n) is 15.5. The third-order valence-corrected chi connectivity index (χ3v) is 4.12. The second-order valence-corrected chi connectivity index (χ2v) is 6.51. The largest absolute Gasteiger partial charge is 0.407 e. The fourth-order valence-corrected chi connectivity index (χ4v) is 2.70. The lowest BCUT2D eigenvalue weighted by atomic mass is 10.0. The molecule has 0 aliphatic carbocycles. The summed E-state index contributed by atoms with van der Waals surface area (Å²) in [5.41, 5.74) is 3.62. The summed E-state index contributed by atoms with van der Waals surface area (Å²) in [4.78, 5) is 12.4. The molecule has 0 unspecified atom stereocenters. The highest BCUT2D eigenvalue weighted by molar-refractivity contribution is 6.01. The zero-order valence-corrected chi connectivity index (χ0v) is 15.5. The molecule has 0 bridgehead atoms. The van der Waals surface area contributed by atoms with Crippen LogP contribution in [0.15, 0.2) is 34.7 Å². The minimum absolute atomic E-state index is 0.0882. The number of aromatic nitrogens is 4. The van der Waals surface area contributed by atoms with E-state index in [1.807, 2.05) is 13.8 Å². The Bertz CT molecular complexity index is 893. The monoisotopic (exact) mass is 353 g/mol. The van der Waals surface area contributed by atoms with Gasteiger partial charge in [0.1, 0.15) is 5.69 Å². The molecule has 0 radical (unpaired) electrons. The molecule has 7 nitrogen and oxygen atoms in total. The summed E-state index contributed by atoms with van der Waals surface area (Å²) in [7, 11) is 0. The maximum absolute atomic E-state index is 12.4. The van der Waals surface area contributed by atoms with E-state index < -0.39 is 0 Å². The Balaban J connectivity index is 1.66. The van der Waals surface area contributed by atoms with Gasteiger partial charge < -0.3 is 4.42 Å². The number of rotatable bonds is 6. The Morgan fingerprint density at radius 3 is 2.62 bits per heavy atom. The first-order valence-corrected chi connectivity index (χ1v) is 8.73. The molecule has 26 heavy (non-hydrogen) atoms. The number of hydrogen-bond acceptors (Lipinski definition) is 5. The van der Waals surface area contributed by atoms with E-state index in [0.29, 0.717) is 30.5 Å². The SMILES string of the molecule is CCn1nc(C)cc1C(=O)Nc1nnc(Cc2ccc(C(C)C)cc2)o1. The van der Waals surface area contributed by atoms with E-state index in [4.69, 9.17) is 4.42 Å². The van der Waals surface area contributed by atoms with E-state index >= 15 is 0 Å². The number of nitrogens with zero attached hydrogens (tertiary/aromatic N) is 4. The van der Waals surface area contributed by atoms with Gasteiger partial charge in [-0.3, -0.25) is 14.8 Å². The van der Waals surface area contributed by atoms with Crippen LogP contribution in [0.2, 0.25) is 0 Å². The van der Waals surface area contributed by atoms with Crippen molar-refractivity contribution >= 4 is 11.9 Å². The molecule has 0 aliphatic rings. The van der Waals surface area contributed by atoms with Crippen LogP contribution in [0.5, 0.6) is 0 Å². The van der Waals surface area contributed by atoms with Gasteiger partial charge in [-0.1, -0.05) is 43.2 Å². The van der Waals surface area contributed by atoms with Crippen molar-refractivity contribution in [3.8, 4) is 0 Å². The average molecular weight is 353 g/mol. The Kier molecular flexibility index (Phi) is 5.16. The lowest BCUT2D eigenvalue weighted by molar-refractivity contribution is 0.101. The Morgan fingerprint density at radius 2 is 1.96 bits per heavy atom. The van der Waals surface area contributed by atoms with Crippen LogP contribution in [0.1, 0.15) is 59.9 Å². The van der Waals surface area contributed by atoms with Gasteiger partial charge in [0.05, 0.1) is 12.1 Å². The predicted octanol–water partition coefficient (Wildman–Crippen LogP) is 3.56. The number of benzene rings is 1. The van der Waals surface area contributed by atoms with Gasteiger partial charge in [-0.25, -0.2) is 0 Å². The first kappa shape index (κ1) is 17.8. The van der Waals surface area contributed by atoms with Crippen LogP contribution in [-0.2, 0) is 13.0 Å². The third-order valence-electron chi connectivity index (χ3n) is 4.12. The minimum Gasteiger partial charge on any atom is -0.407 e. The van der Waals surface area contributed by atoms with Crippen LogP contribution in [-0.4, -0.2) is 25.9 Å². The Labute approximate surface area is 152 Å². The first-order valence-electron chi connectivity index (χ1n) is 8.73. The van der Waals surface area contributed by atoms with Crippen molar-refractivity contribution in [3.63, 3.8) is 0 Å². The summed E-state index contributed by atoms with van der Waals surface area (Å²) in [6.07, 6.45) is 0.521. The van der Waals surface area contributed by atoms with Gasteiger partial charge in [-0.15, -0.1) is 5.10 Å². The molecule has 1 N–H and O–H groups in total. The molecule has 2 heterocycles. The summed E-state index contributed by atoms with van der Waals surface area (Å²) in [6, 6.07) is 10.1. The molecular weight excluding hydrogens is 330 g/mol. The average Bonchev–Trinajstić information content (AvgIpc) is 3.21. The molecule has 7 heteroatoms. The van der Waals surface area contributed by atoms with Gasteiger partial charge in [0.25, 0.3) is 5.91 Å². The smallest absolute Gasteiger partial charge is 0.322 e. The van der Waals surface area contributed by atoms with Crippen molar-refractivity contribution in [3.05, 3.63) is 58.7 Å². The van der Waals surface area contributed by atoms with Crippen molar-refractivity contribution in [1.82, 2.24) is 20.0 Å². The molecule has 0 saturated carbocycles. The summed E-state index contributed by atoms with van der Waals surface area (Å²) >= 11 is 0. The van der Waals surface area contributed by atoms with Gasteiger partial charge in [0.15, 0.2) is 0 Å². The quantitative estimate of drug-likeness (QED) is 0.732. The maximum Gasteiger partial charge on any atom is 0.322 e. The van der Waals surface area contributed by atoms with Crippen LogP contribution in [0.4, 0.5) is 6.01 Å². The van der Waals surface area contributed by atoms with Crippen molar-refractivity contribution < 1.29 is 9.21 Å². The Hall–Kier alpha value is -2.96. The Morgan fingerprint density at radius 1 is 1.23 bits per heavy atom. The molecule has 3 rings (SSSR count). The van der Waals surface area contributed by atoms with Crippen LogP contribution in [0.3, 0.4) is 0 Å². The van der Waals surface area contributed by atoms with E-state index in [2.05, 4.69) is 58.7 Å². The minimum atomic E-state index is -0.316. The van der Waals surface area contributed by atoms with E-state index in [1.54, 1.807) is 10.7 Å². The maximum atomic E-state index is 12.4. The van der Waals surface area contributed by atoms with Gasteiger partial charge in [0, 0.05) is 6.54 Å².